The fraction of sp³-hybridized carbons (Fsp3) is 0.929. The largest absolute Gasteiger partial charge is 0.353 e. The van der Waals surface area contributed by atoms with Crippen molar-refractivity contribution in [2.24, 2.45) is 17.8 Å². The molecule has 108 valence electrons. The maximum Gasteiger partial charge on any atom is 0.224 e. The van der Waals surface area contributed by atoms with E-state index < -0.39 is 9.84 Å². The van der Waals surface area contributed by atoms with Crippen LogP contribution in [-0.4, -0.2) is 31.9 Å². The Labute approximate surface area is 115 Å². The van der Waals surface area contributed by atoms with Gasteiger partial charge in [0.05, 0.1) is 17.4 Å². The van der Waals surface area contributed by atoms with Gasteiger partial charge in [-0.25, -0.2) is 8.42 Å². The summed E-state index contributed by atoms with van der Waals surface area (Å²) in [6, 6.07) is 0.318. The molecular weight excluding hydrogens is 262 g/mol. The monoisotopic (exact) mass is 285 g/mol. The number of sulfone groups is 1. The third-order valence-corrected chi connectivity index (χ3v) is 7.00. The second-order valence-corrected chi connectivity index (χ2v) is 8.75. The number of carbonyl (C=O) groups excluding carboxylic acids is 1. The molecule has 0 bridgehead atoms. The van der Waals surface area contributed by atoms with E-state index in [-0.39, 0.29) is 23.3 Å². The van der Waals surface area contributed by atoms with Crippen LogP contribution in [0.25, 0.3) is 0 Å². The molecule has 1 aliphatic heterocycles. The van der Waals surface area contributed by atoms with Crippen LogP contribution in [0.3, 0.4) is 0 Å². The van der Waals surface area contributed by atoms with Crippen molar-refractivity contribution in [3.05, 3.63) is 0 Å². The molecule has 2 aliphatic carbocycles. The Morgan fingerprint density at radius 1 is 1.00 bits per heavy atom. The first kappa shape index (κ1) is 13.4. The van der Waals surface area contributed by atoms with Gasteiger partial charge in [-0.3, -0.25) is 4.79 Å². The molecule has 0 aromatic heterocycles. The van der Waals surface area contributed by atoms with Crippen LogP contribution in [0.1, 0.15) is 44.9 Å². The third-order valence-electron chi connectivity index (χ3n) is 5.23. The fourth-order valence-corrected chi connectivity index (χ4v) is 5.24. The summed E-state index contributed by atoms with van der Waals surface area (Å²) in [7, 11) is -2.96. The van der Waals surface area contributed by atoms with Gasteiger partial charge in [-0.1, -0.05) is 12.8 Å². The highest BCUT2D eigenvalue weighted by Crippen LogP contribution is 2.40. The van der Waals surface area contributed by atoms with E-state index in [1.807, 2.05) is 0 Å². The normalized spacial score (nSPS) is 30.9. The van der Waals surface area contributed by atoms with Crippen LogP contribution in [-0.2, 0) is 14.6 Å². The SMILES string of the molecule is O=C(NC(C1CCC1)C1CCC1)C1CCS(=O)(=O)C1. The zero-order valence-electron chi connectivity index (χ0n) is 11.3. The number of amides is 1. The molecule has 19 heavy (non-hydrogen) atoms. The molecule has 0 radical (unpaired) electrons. The zero-order valence-corrected chi connectivity index (χ0v) is 12.1. The van der Waals surface area contributed by atoms with Crippen LogP contribution < -0.4 is 5.32 Å². The Morgan fingerprint density at radius 3 is 1.95 bits per heavy atom. The lowest BCUT2D eigenvalue weighted by Gasteiger charge is -2.43. The Morgan fingerprint density at radius 2 is 1.58 bits per heavy atom. The minimum Gasteiger partial charge on any atom is -0.353 e. The summed E-state index contributed by atoms with van der Waals surface area (Å²) in [6.07, 6.45) is 7.98. The number of rotatable bonds is 4. The average Bonchev–Trinajstić information content (AvgIpc) is 2.53. The van der Waals surface area contributed by atoms with Gasteiger partial charge in [-0.2, -0.15) is 0 Å². The van der Waals surface area contributed by atoms with Crippen molar-refractivity contribution in [3.8, 4) is 0 Å². The topological polar surface area (TPSA) is 63.2 Å². The molecule has 1 unspecified atom stereocenters. The molecule has 1 saturated heterocycles. The van der Waals surface area contributed by atoms with Crippen LogP contribution in [0, 0.1) is 17.8 Å². The first-order valence-electron chi connectivity index (χ1n) is 7.56. The Bertz CT molecular complexity index is 437. The summed E-state index contributed by atoms with van der Waals surface area (Å²) in [5.41, 5.74) is 0. The van der Waals surface area contributed by atoms with E-state index in [1.54, 1.807) is 0 Å². The molecule has 1 atom stereocenters. The van der Waals surface area contributed by atoms with E-state index in [4.69, 9.17) is 0 Å². The van der Waals surface area contributed by atoms with Gasteiger partial charge in [0.1, 0.15) is 0 Å². The van der Waals surface area contributed by atoms with Crippen molar-refractivity contribution < 1.29 is 13.2 Å². The second-order valence-electron chi connectivity index (χ2n) is 6.52. The zero-order chi connectivity index (χ0) is 13.5. The van der Waals surface area contributed by atoms with E-state index in [0.29, 0.717) is 24.3 Å². The molecular formula is C14H23NO3S. The van der Waals surface area contributed by atoms with Crippen LogP contribution in [0.2, 0.25) is 0 Å². The summed E-state index contributed by atoms with van der Waals surface area (Å²) < 4.78 is 22.9. The minimum atomic E-state index is -2.96. The van der Waals surface area contributed by atoms with Gasteiger partial charge < -0.3 is 5.32 Å². The number of hydrogen-bond acceptors (Lipinski definition) is 3. The van der Waals surface area contributed by atoms with Gasteiger partial charge in [0.15, 0.2) is 9.84 Å². The van der Waals surface area contributed by atoms with Gasteiger partial charge in [0.2, 0.25) is 5.91 Å². The van der Waals surface area contributed by atoms with Gasteiger partial charge in [-0.05, 0) is 43.9 Å². The predicted octanol–water partition coefficient (Wildman–Crippen LogP) is 1.51. The van der Waals surface area contributed by atoms with Gasteiger partial charge >= 0.3 is 0 Å². The summed E-state index contributed by atoms with van der Waals surface area (Å²) in [6.45, 7) is 0. The molecule has 0 spiro atoms. The summed E-state index contributed by atoms with van der Waals surface area (Å²) in [4.78, 5) is 12.3. The fourth-order valence-electron chi connectivity index (χ4n) is 3.50. The minimum absolute atomic E-state index is 0.00938. The van der Waals surface area contributed by atoms with Crippen molar-refractivity contribution in [2.75, 3.05) is 11.5 Å². The molecule has 5 heteroatoms. The molecule has 1 amide bonds. The molecule has 0 aromatic rings. The Hall–Kier alpha value is -0.580. The highest BCUT2D eigenvalue weighted by molar-refractivity contribution is 7.91. The van der Waals surface area contributed by atoms with Gasteiger partial charge in [0, 0.05) is 6.04 Å². The predicted molar refractivity (Wildman–Crippen MR) is 73.4 cm³/mol. The maximum absolute atomic E-state index is 12.3. The van der Waals surface area contributed by atoms with Crippen LogP contribution in [0.5, 0.6) is 0 Å². The Kier molecular flexibility index (Phi) is 3.58. The molecule has 1 N–H and O–H groups in total. The van der Waals surface area contributed by atoms with Crippen molar-refractivity contribution in [1.29, 1.82) is 0 Å². The van der Waals surface area contributed by atoms with Crippen molar-refractivity contribution in [2.45, 2.75) is 51.0 Å². The standard InChI is InChI=1S/C14H23NO3S/c16-14(12-7-8-19(17,18)9-12)15-13(10-3-1-4-10)11-5-2-6-11/h10-13H,1-9H2,(H,15,16). The van der Waals surface area contributed by atoms with E-state index >= 15 is 0 Å². The van der Waals surface area contributed by atoms with Crippen molar-refractivity contribution in [1.82, 2.24) is 5.32 Å². The van der Waals surface area contributed by atoms with Crippen LogP contribution >= 0.6 is 0 Å². The van der Waals surface area contributed by atoms with Crippen LogP contribution in [0.4, 0.5) is 0 Å². The molecule has 2 saturated carbocycles. The molecule has 3 rings (SSSR count). The van der Waals surface area contributed by atoms with Gasteiger partial charge in [-0.15, -0.1) is 0 Å². The number of hydrogen-bond donors (Lipinski definition) is 1. The second kappa shape index (κ2) is 5.08. The van der Waals surface area contributed by atoms with Crippen molar-refractivity contribution >= 4 is 15.7 Å². The lowest BCUT2D eigenvalue weighted by molar-refractivity contribution is -0.126. The molecule has 0 aromatic carbocycles. The summed E-state index contributed by atoms with van der Waals surface area (Å²) in [5, 5.41) is 3.20. The molecule has 1 heterocycles. The highest BCUT2D eigenvalue weighted by atomic mass is 32.2. The van der Waals surface area contributed by atoms with E-state index in [0.717, 1.165) is 0 Å². The first-order chi connectivity index (χ1) is 9.05. The van der Waals surface area contributed by atoms with E-state index in [2.05, 4.69) is 5.32 Å². The quantitative estimate of drug-likeness (QED) is 0.851. The average molecular weight is 285 g/mol. The summed E-state index contributed by atoms with van der Waals surface area (Å²) >= 11 is 0. The summed E-state index contributed by atoms with van der Waals surface area (Å²) in [5.74, 6) is 1.22. The number of carbonyl (C=O) groups is 1. The molecule has 4 nitrogen and oxygen atoms in total. The highest BCUT2D eigenvalue weighted by Gasteiger charge is 2.39. The van der Waals surface area contributed by atoms with E-state index in [9.17, 15) is 13.2 Å². The molecule has 3 fully saturated rings. The lowest BCUT2D eigenvalue weighted by atomic mass is 9.68. The van der Waals surface area contributed by atoms with E-state index in [1.165, 1.54) is 38.5 Å². The Balaban J connectivity index is 1.60. The lowest BCUT2D eigenvalue weighted by Crippen LogP contribution is -2.51. The van der Waals surface area contributed by atoms with Gasteiger partial charge in [0.25, 0.3) is 0 Å². The van der Waals surface area contributed by atoms with Crippen LogP contribution in [0.15, 0.2) is 0 Å². The number of nitrogens with one attached hydrogen (secondary N) is 1. The third kappa shape index (κ3) is 2.81. The van der Waals surface area contributed by atoms with Crippen molar-refractivity contribution in [3.63, 3.8) is 0 Å². The smallest absolute Gasteiger partial charge is 0.224 e. The maximum atomic E-state index is 12.3. The molecule has 3 aliphatic rings. The first-order valence-corrected chi connectivity index (χ1v) is 9.38.